The number of hydrogen-bond donors (Lipinski definition) is 2. The average molecular weight is 253 g/mol. The highest BCUT2D eigenvalue weighted by Crippen LogP contribution is 2.16. The number of aromatic amines is 1. The number of carbonyl (C=O) groups excluding carboxylic acids is 1. The number of benzene rings is 1. The summed E-state index contributed by atoms with van der Waals surface area (Å²) in [6, 6.07) is 10.9. The number of H-pyrrole nitrogens is 1. The van der Waals surface area contributed by atoms with E-state index in [0.717, 1.165) is 10.9 Å². The summed E-state index contributed by atoms with van der Waals surface area (Å²) in [4.78, 5) is 15.1. The van der Waals surface area contributed by atoms with E-state index < -0.39 is 0 Å². The first-order valence-electron chi connectivity index (χ1n) is 5.77. The van der Waals surface area contributed by atoms with Gasteiger partial charge in [-0.25, -0.2) is 5.43 Å². The SMILES string of the molecule is O=C(NN=Cc1ccco1)c1cccc2cc[nH]c12. The number of carbonyl (C=O) groups is 1. The normalized spacial score (nSPS) is 11.2. The molecule has 0 saturated heterocycles. The molecule has 0 radical (unpaired) electrons. The quantitative estimate of drug-likeness (QED) is 0.556. The van der Waals surface area contributed by atoms with Crippen molar-refractivity contribution in [1.82, 2.24) is 10.4 Å². The number of nitrogens with zero attached hydrogens (tertiary/aromatic N) is 1. The van der Waals surface area contributed by atoms with E-state index in [4.69, 9.17) is 4.42 Å². The first-order valence-corrected chi connectivity index (χ1v) is 5.77. The maximum atomic E-state index is 12.0. The summed E-state index contributed by atoms with van der Waals surface area (Å²) in [6.45, 7) is 0. The molecule has 5 heteroatoms. The van der Waals surface area contributed by atoms with Crippen LogP contribution in [0.4, 0.5) is 0 Å². The lowest BCUT2D eigenvalue weighted by Gasteiger charge is -2.01. The Morgan fingerprint density at radius 1 is 1.26 bits per heavy atom. The largest absolute Gasteiger partial charge is 0.463 e. The molecule has 0 unspecified atom stereocenters. The van der Waals surface area contributed by atoms with Crippen LogP contribution < -0.4 is 5.43 Å². The third kappa shape index (κ3) is 2.26. The summed E-state index contributed by atoms with van der Waals surface area (Å²) >= 11 is 0. The standard InChI is InChI=1S/C14H11N3O2/c18-14(17-16-9-11-4-2-8-19-11)12-5-1-3-10-6-7-15-13(10)12/h1-9,15H,(H,17,18). The van der Waals surface area contributed by atoms with Gasteiger partial charge in [0.05, 0.1) is 23.6 Å². The Balaban J connectivity index is 1.79. The van der Waals surface area contributed by atoms with Crippen LogP contribution >= 0.6 is 0 Å². The average Bonchev–Trinajstić information content (AvgIpc) is 3.08. The van der Waals surface area contributed by atoms with Crippen molar-refractivity contribution in [3.8, 4) is 0 Å². The van der Waals surface area contributed by atoms with E-state index in [1.165, 1.54) is 6.21 Å². The summed E-state index contributed by atoms with van der Waals surface area (Å²) in [5.41, 5.74) is 3.82. The Morgan fingerprint density at radius 2 is 2.21 bits per heavy atom. The van der Waals surface area contributed by atoms with Crippen LogP contribution in [0, 0.1) is 0 Å². The molecule has 0 fully saturated rings. The van der Waals surface area contributed by atoms with Crippen LogP contribution in [0.5, 0.6) is 0 Å². The van der Waals surface area contributed by atoms with Gasteiger partial charge in [0.2, 0.25) is 0 Å². The maximum absolute atomic E-state index is 12.0. The van der Waals surface area contributed by atoms with Gasteiger partial charge in [0.1, 0.15) is 5.76 Å². The molecule has 3 aromatic rings. The van der Waals surface area contributed by atoms with Gasteiger partial charge < -0.3 is 9.40 Å². The number of nitrogens with one attached hydrogen (secondary N) is 2. The third-order valence-electron chi connectivity index (χ3n) is 2.73. The predicted octanol–water partition coefficient (Wildman–Crippen LogP) is 2.52. The van der Waals surface area contributed by atoms with E-state index in [2.05, 4.69) is 15.5 Å². The number of fused-ring (bicyclic) bond motifs is 1. The Hall–Kier alpha value is -2.82. The fourth-order valence-corrected chi connectivity index (χ4v) is 1.85. The van der Waals surface area contributed by atoms with E-state index in [9.17, 15) is 4.79 Å². The first-order chi connectivity index (χ1) is 9.34. The van der Waals surface area contributed by atoms with Crippen LogP contribution in [-0.4, -0.2) is 17.1 Å². The minimum absolute atomic E-state index is 0.268. The Kier molecular flexibility index (Phi) is 2.86. The zero-order valence-electron chi connectivity index (χ0n) is 9.96. The van der Waals surface area contributed by atoms with Crippen molar-refractivity contribution in [3.63, 3.8) is 0 Å². The monoisotopic (exact) mass is 253 g/mol. The Labute approximate surface area is 108 Å². The molecule has 1 amide bonds. The molecule has 0 aliphatic heterocycles. The van der Waals surface area contributed by atoms with Crippen molar-refractivity contribution in [3.05, 3.63) is 60.2 Å². The van der Waals surface area contributed by atoms with Gasteiger partial charge in [0, 0.05) is 11.6 Å². The van der Waals surface area contributed by atoms with Crippen molar-refractivity contribution < 1.29 is 9.21 Å². The van der Waals surface area contributed by atoms with Crippen molar-refractivity contribution in [2.24, 2.45) is 5.10 Å². The molecule has 2 N–H and O–H groups in total. The summed E-state index contributed by atoms with van der Waals surface area (Å²) < 4.78 is 5.07. The van der Waals surface area contributed by atoms with Crippen LogP contribution in [0.1, 0.15) is 16.1 Å². The van der Waals surface area contributed by atoms with Gasteiger partial charge in [0.15, 0.2) is 0 Å². The van der Waals surface area contributed by atoms with Crippen molar-refractivity contribution in [2.75, 3.05) is 0 Å². The highest BCUT2D eigenvalue weighted by atomic mass is 16.3. The number of furan rings is 1. The van der Waals surface area contributed by atoms with Crippen LogP contribution in [-0.2, 0) is 0 Å². The van der Waals surface area contributed by atoms with Crippen molar-refractivity contribution >= 4 is 23.0 Å². The molecule has 0 atom stereocenters. The fourth-order valence-electron chi connectivity index (χ4n) is 1.85. The molecule has 0 bridgehead atoms. The molecular weight excluding hydrogens is 242 g/mol. The van der Waals surface area contributed by atoms with E-state index >= 15 is 0 Å². The first kappa shape index (κ1) is 11.3. The lowest BCUT2D eigenvalue weighted by molar-refractivity contribution is 0.0956. The second-order valence-corrected chi connectivity index (χ2v) is 3.96. The Bertz CT molecular complexity index is 726. The summed E-state index contributed by atoms with van der Waals surface area (Å²) in [6.07, 6.45) is 4.79. The van der Waals surface area contributed by atoms with Gasteiger partial charge in [0.25, 0.3) is 5.91 Å². The number of aromatic nitrogens is 1. The van der Waals surface area contributed by atoms with E-state index in [-0.39, 0.29) is 5.91 Å². The van der Waals surface area contributed by atoms with Gasteiger partial charge in [-0.15, -0.1) is 0 Å². The molecule has 2 aromatic heterocycles. The van der Waals surface area contributed by atoms with Crippen LogP contribution in [0.3, 0.4) is 0 Å². The van der Waals surface area contributed by atoms with Crippen LogP contribution in [0.25, 0.3) is 10.9 Å². The summed E-state index contributed by atoms with van der Waals surface area (Å²) in [5, 5.41) is 4.84. The number of hydrogen-bond acceptors (Lipinski definition) is 3. The molecule has 5 nitrogen and oxygen atoms in total. The minimum Gasteiger partial charge on any atom is -0.463 e. The zero-order chi connectivity index (χ0) is 13.1. The van der Waals surface area contributed by atoms with Gasteiger partial charge in [-0.1, -0.05) is 12.1 Å². The Morgan fingerprint density at radius 3 is 3.05 bits per heavy atom. The van der Waals surface area contributed by atoms with Gasteiger partial charge in [-0.2, -0.15) is 5.10 Å². The number of para-hydroxylation sites is 1. The molecule has 94 valence electrons. The van der Waals surface area contributed by atoms with Crippen LogP contribution in [0.15, 0.2) is 58.4 Å². The summed E-state index contributed by atoms with van der Waals surface area (Å²) in [7, 11) is 0. The lowest BCUT2D eigenvalue weighted by Crippen LogP contribution is -2.17. The van der Waals surface area contributed by atoms with Gasteiger partial charge >= 0.3 is 0 Å². The second-order valence-electron chi connectivity index (χ2n) is 3.96. The minimum atomic E-state index is -0.268. The number of amides is 1. The molecule has 2 heterocycles. The highest BCUT2D eigenvalue weighted by Gasteiger charge is 2.09. The molecular formula is C14H11N3O2. The molecule has 0 aliphatic rings. The molecule has 0 spiro atoms. The van der Waals surface area contributed by atoms with Crippen molar-refractivity contribution in [2.45, 2.75) is 0 Å². The second kappa shape index (κ2) is 4.81. The summed E-state index contributed by atoms with van der Waals surface area (Å²) in [5.74, 6) is 0.314. The maximum Gasteiger partial charge on any atom is 0.273 e. The van der Waals surface area contributed by atoms with Crippen LogP contribution in [0.2, 0.25) is 0 Å². The topological polar surface area (TPSA) is 70.4 Å². The van der Waals surface area contributed by atoms with E-state index in [0.29, 0.717) is 11.3 Å². The van der Waals surface area contributed by atoms with E-state index in [1.54, 1.807) is 30.7 Å². The molecule has 1 aromatic carbocycles. The molecule has 0 aliphatic carbocycles. The zero-order valence-corrected chi connectivity index (χ0v) is 9.96. The molecule has 3 rings (SSSR count). The predicted molar refractivity (Wildman–Crippen MR) is 72.1 cm³/mol. The highest BCUT2D eigenvalue weighted by molar-refractivity contribution is 6.05. The molecule has 19 heavy (non-hydrogen) atoms. The van der Waals surface area contributed by atoms with E-state index in [1.807, 2.05) is 18.2 Å². The number of rotatable bonds is 3. The van der Waals surface area contributed by atoms with Crippen molar-refractivity contribution in [1.29, 1.82) is 0 Å². The van der Waals surface area contributed by atoms with Gasteiger partial charge in [-0.3, -0.25) is 4.79 Å². The number of hydrazone groups is 1. The van der Waals surface area contributed by atoms with Gasteiger partial charge in [-0.05, 0) is 24.3 Å². The fraction of sp³-hybridized carbons (Fsp3) is 0. The third-order valence-corrected chi connectivity index (χ3v) is 2.73. The molecule has 0 saturated carbocycles. The lowest BCUT2D eigenvalue weighted by atomic mass is 10.1. The smallest absolute Gasteiger partial charge is 0.273 e.